The molecule has 0 aliphatic heterocycles. The van der Waals surface area contributed by atoms with Crippen LogP contribution >= 0.6 is 0 Å². The molecule has 2 heterocycles. The molecule has 5 heteroatoms. The Balaban J connectivity index is 1.67. The van der Waals surface area contributed by atoms with Crippen LogP contribution in [0.4, 0.5) is 11.8 Å². The van der Waals surface area contributed by atoms with Crippen molar-refractivity contribution in [3.05, 3.63) is 96.3 Å². The van der Waals surface area contributed by atoms with Gasteiger partial charge in [-0.2, -0.15) is 0 Å². The lowest BCUT2D eigenvalue weighted by molar-refractivity contribution is 0.784. The summed E-state index contributed by atoms with van der Waals surface area (Å²) in [4.78, 5) is 14.1. The van der Waals surface area contributed by atoms with Gasteiger partial charge in [-0.25, -0.2) is 9.97 Å². The van der Waals surface area contributed by atoms with Crippen molar-refractivity contribution in [2.75, 3.05) is 10.6 Å². The van der Waals surface area contributed by atoms with E-state index in [2.05, 4.69) is 74.4 Å². The number of rotatable bonds is 6. The summed E-state index contributed by atoms with van der Waals surface area (Å²) in [7, 11) is 0. The number of nitrogen functional groups attached to an aromatic ring is 1. The highest BCUT2D eigenvalue weighted by Gasteiger charge is 2.12. The molecule has 5 nitrogen and oxygen atoms in total. The SMILES string of the molecule is Nc1nc(-c2ccnc(N(Cc3ccccc3)Cc3ccccc3)c2)c[nH]1. The van der Waals surface area contributed by atoms with Crippen LogP contribution in [0.5, 0.6) is 0 Å². The van der Waals surface area contributed by atoms with Crippen LogP contribution in [-0.2, 0) is 13.1 Å². The Labute approximate surface area is 158 Å². The topological polar surface area (TPSA) is 70.8 Å². The molecule has 0 atom stereocenters. The van der Waals surface area contributed by atoms with Gasteiger partial charge in [-0.15, -0.1) is 0 Å². The molecular formula is C22H21N5. The first kappa shape index (κ1) is 16.8. The van der Waals surface area contributed by atoms with E-state index in [9.17, 15) is 0 Å². The van der Waals surface area contributed by atoms with Gasteiger partial charge in [0.2, 0.25) is 0 Å². The van der Waals surface area contributed by atoms with Gasteiger partial charge in [0.1, 0.15) is 5.82 Å². The lowest BCUT2D eigenvalue weighted by atomic mass is 10.1. The fourth-order valence-electron chi connectivity index (χ4n) is 3.06. The predicted molar refractivity (Wildman–Crippen MR) is 109 cm³/mol. The highest BCUT2D eigenvalue weighted by Crippen LogP contribution is 2.24. The smallest absolute Gasteiger partial charge is 0.198 e. The number of hydrogen-bond donors (Lipinski definition) is 2. The summed E-state index contributed by atoms with van der Waals surface area (Å²) in [6.07, 6.45) is 3.63. The second kappa shape index (κ2) is 7.74. The number of nitrogens with two attached hydrogens (primary N) is 1. The summed E-state index contributed by atoms with van der Waals surface area (Å²) in [5.41, 5.74) is 10.0. The van der Waals surface area contributed by atoms with Gasteiger partial charge < -0.3 is 15.6 Å². The molecule has 0 saturated carbocycles. The molecule has 134 valence electrons. The first-order valence-electron chi connectivity index (χ1n) is 8.88. The number of benzene rings is 2. The zero-order valence-corrected chi connectivity index (χ0v) is 14.9. The molecule has 4 aromatic rings. The van der Waals surface area contributed by atoms with Gasteiger partial charge in [-0.05, 0) is 23.3 Å². The Kier molecular flexibility index (Phi) is 4.83. The van der Waals surface area contributed by atoms with E-state index < -0.39 is 0 Å². The highest BCUT2D eigenvalue weighted by atomic mass is 15.2. The van der Waals surface area contributed by atoms with E-state index in [1.165, 1.54) is 11.1 Å². The maximum atomic E-state index is 5.73. The van der Waals surface area contributed by atoms with Crippen molar-refractivity contribution < 1.29 is 0 Å². The van der Waals surface area contributed by atoms with Gasteiger partial charge in [0.05, 0.1) is 5.69 Å². The van der Waals surface area contributed by atoms with Crippen molar-refractivity contribution in [3.63, 3.8) is 0 Å². The van der Waals surface area contributed by atoms with Crippen molar-refractivity contribution in [1.29, 1.82) is 0 Å². The average molecular weight is 355 g/mol. The Morgan fingerprint density at radius 3 is 2.04 bits per heavy atom. The van der Waals surface area contributed by atoms with Crippen molar-refractivity contribution in [2.45, 2.75) is 13.1 Å². The van der Waals surface area contributed by atoms with Gasteiger partial charge >= 0.3 is 0 Å². The van der Waals surface area contributed by atoms with E-state index in [1.54, 1.807) is 0 Å². The van der Waals surface area contributed by atoms with Crippen LogP contribution in [0.2, 0.25) is 0 Å². The molecule has 2 aromatic carbocycles. The van der Waals surface area contributed by atoms with Crippen LogP contribution in [0.1, 0.15) is 11.1 Å². The summed E-state index contributed by atoms with van der Waals surface area (Å²) in [5.74, 6) is 1.32. The molecule has 0 radical (unpaired) electrons. The molecule has 0 aliphatic carbocycles. The number of aromatic amines is 1. The molecule has 27 heavy (non-hydrogen) atoms. The first-order chi connectivity index (χ1) is 13.3. The maximum absolute atomic E-state index is 5.73. The van der Waals surface area contributed by atoms with Crippen LogP contribution in [0.3, 0.4) is 0 Å². The first-order valence-corrected chi connectivity index (χ1v) is 8.88. The minimum atomic E-state index is 0.411. The molecule has 0 unspecified atom stereocenters. The van der Waals surface area contributed by atoms with E-state index in [0.717, 1.165) is 30.2 Å². The third-order valence-corrected chi connectivity index (χ3v) is 4.40. The standard InChI is InChI=1S/C22H21N5/c23-22-25-14-20(26-22)19-11-12-24-21(13-19)27(15-17-7-3-1-4-8-17)16-18-9-5-2-6-10-18/h1-14H,15-16H2,(H3,23,25,26). The Hall–Kier alpha value is -3.60. The fraction of sp³-hybridized carbons (Fsp3) is 0.0909. The van der Waals surface area contributed by atoms with E-state index in [-0.39, 0.29) is 0 Å². The summed E-state index contributed by atoms with van der Waals surface area (Å²) in [6, 6.07) is 24.9. The number of nitrogens with one attached hydrogen (secondary N) is 1. The maximum Gasteiger partial charge on any atom is 0.198 e. The number of pyridine rings is 1. The summed E-state index contributed by atoms with van der Waals surface area (Å²) >= 11 is 0. The van der Waals surface area contributed by atoms with E-state index in [4.69, 9.17) is 5.73 Å². The van der Waals surface area contributed by atoms with Gasteiger partial charge in [-0.3, -0.25) is 0 Å². The number of H-pyrrole nitrogens is 1. The summed E-state index contributed by atoms with van der Waals surface area (Å²) in [5, 5.41) is 0. The van der Waals surface area contributed by atoms with Crippen molar-refractivity contribution in [2.24, 2.45) is 0 Å². The minimum absolute atomic E-state index is 0.411. The van der Waals surface area contributed by atoms with Gasteiger partial charge in [0.25, 0.3) is 0 Å². The molecule has 2 aromatic heterocycles. The number of anilines is 2. The quantitative estimate of drug-likeness (QED) is 0.542. The van der Waals surface area contributed by atoms with E-state index in [0.29, 0.717) is 5.95 Å². The fourth-order valence-corrected chi connectivity index (χ4v) is 3.06. The number of imidazole rings is 1. The lowest BCUT2D eigenvalue weighted by Crippen LogP contribution is -2.23. The molecule has 0 fully saturated rings. The zero-order valence-electron chi connectivity index (χ0n) is 14.9. The van der Waals surface area contributed by atoms with Crippen LogP contribution < -0.4 is 10.6 Å². The molecule has 0 saturated heterocycles. The monoisotopic (exact) mass is 355 g/mol. The number of nitrogens with zero attached hydrogens (tertiary/aromatic N) is 3. The van der Waals surface area contributed by atoms with Crippen molar-refractivity contribution in [1.82, 2.24) is 15.0 Å². The molecular weight excluding hydrogens is 334 g/mol. The van der Waals surface area contributed by atoms with Crippen molar-refractivity contribution in [3.8, 4) is 11.3 Å². The molecule has 0 aliphatic rings. The lowest BCUT2D eigenvalue weighted by Gasteiger charge is -2.24. The van der Waals surface area contributed by atoms with E-state index in [1.807, 2.05) is 30.6 Å². The normalized spacial score (nSPS) is 10.7. The minimum Gasteiger partial charge on any atom is -0.369 e. The van der Waals surface area contributed by atoms with Gasteiger partial charge in [-0.1, -0.05) is 60.7 Å². The largest absolute Gasteiger partial charge is 0.369 e. The molecule has 0 bridgehead atoms. The van der Waals surface area contributed by atoms with Crippen LogP contribution in [0, 0.1) is 0 Å². The van der Waals surface area contributed by atoms with Gasteiger partial charge in [0, 0.05) is 31.0 Å². The number of hydrogen-bond acceptors (Lipinski definition) is 4. The van der Waals surface area contributed by atoms with Crippen LogP contribution in [0.25, 0.3) is 11.3 Å². The Morgan fingerprint density at radius 1 is 0.852 bits per heavy atom. The Morgan fingerprint density at radius 2 is 1.48 bits per heavy atom. The molecule has 0 spiro atoms. The molecule has 4 rings (SSSR count). The second-order valence-electron chi connectivity index (χ2n) is 6.40. The zero-order chi connectivity index (χ0) is 18.5. The molecule has 3 N–H and O–H groups in total. The Bertz CT molecular complexity index is 954. The predicted octanol–water partition coefficient (Wildman–Crippen LogP) is 4.26. The van der Waals surface area contributed by atoms with E-state index >= 15 is 0 Å². The number of aromatic nitrogens is 3. The third-order valence-electron chi connectivity index (χ3n) is 4.40. The summed E-state index contributed by atoms with van der Waals surface area (Å²) < 4.78 is 0. The van der Waals surface area contributed by atoms with Gasteiger partial charge in [0.15, 0.2) is 5.95 Å². The summed E-state index contributed by atoms with van der Waals surface area (Å²) in [6.45, 7) is 1.55. The molecule has 0 amide bonds. The highest BCUT2D eigenvalue weighted by molar-refractivity contribution is 5.64. The average Bonchev–Trinajstić information content (AvgIpc) is 3.16. The van der Waals surface area contributed by atoms with Crippen molar-refractivity contribution >= 4 is 11.8 Å². The second-order valence-corrected chi connectivity index (χ2v) is 6.40. The third kappa shape index (κ3) is 4.15. The van der Waals surface area contributed by atoms with Crippen LogP contribution in [-0.4, -0.2) is 15.0 Å². The van der Waals surface area contributed by atoms with Crippen LogP contribution in [0.15, 0.2) is 85.2 Å².